The van der Waals surface area contributed by atoms with Gasteiger partial charge in [-0.15, -0.1) is 11.3 Å². The Morgan fingerprint density at radius 3 is 2.38 bits per heavy atom. The predicted octanol–water partition coefficient (Wildman–Crippen LogP) is 5.65. The molecular formula is C24H21ClF3N5O2S2. The molecule has 1 aliphatic rings. The van der Waals surface area contributed by atoms with Crippen LogP contribution < -0.4 is 5.32 Å². The van der Waals surface area contributed by atoms with E-state index in [1.54, 1.807) is 17.5 Å². The minimum atomic E-state index is -5.33. The summed E-state index contributed by atoms with van der Waals surface area (Å²) in [6.45, 7) is -0.451. The van der Waals surface area contributed by atoms with Crippen LogP contribution in [0.15, 0.2) is 60.4 Å². The lowest BCUT2D eigenvalue weighted by Gasteiger charge is -2.32. The fourth-order valence-corrected chi connectivity index (χ4v) is 6.36. The molecule has 13 heteroatoms. The zero-order valence-electron chi connectivity index (χ0n) is 19.2. The van der Waals surface area contributed by atoms with Crippen LogP contribution in [-0.2, 0) is 10.0 Å². The number of benzene rings is 2. The topological polar surface area (TPSA) is 88.1 Å². The number of hydrogen-bond donors (Lipinski definition) is 1. The van der Waals surface area contributed by atoms with E-state index in [2.05, 4.69) is 20.3 Å². The van der Waals surface area contributed by atoms with Gasteiger partial charge in [0.15, 0.2) is 0 Å². The maximum Gasteiger partial charge on any atom is 0.511 e. The Balaban J connectivity index is 1.43. The molecule has 1 fully saturated rings. The van der Waals surface area contributed by atoms with Gasteiger partial charge in [-0.25, -0.2) is 23.4 Å². The highest BCUT2D eigenvalue weighted by molar-refractivity contribution is 7.90. The number of rotatable bonds is 6. The second-order valence-electron chi connectivity index (χ2n) is 8.62. The van der Waals surface area contributed by atoms with E-state index in [0.717, 1.165) is 21.5 Å². The van der Waals surface area contributed by atoms with Crippen LogP contribution in [0.4, 0.5) is 19.0 Å². The van der Waals surface area contributed by atoms with Crippen molar-refractivity contribution >= 4 is 49.7 Å². The highest BCUT2D eigenvalue weighted by Crippen LogP contribution is 2.36. The van der Waals surface area contributed by atoms with E-state index in [0.29, 0.717) is 20.7 Å². The molecule has 1 unspecified atom stereocenters. The fourth-order valence-electron chi connectivity index (χ4n) is 4.46. The zero-order chi connectivity index (χ0) is 26.2. The van der Waals surface area contributed by atoms with Crippen molar-refractivity contribution in [2.75, 3.05) is 18.4 Å². The molecule has 1 saturated heterocycles. The summed E-state index contributed by atoms with van der Waals surface area (Å²) >= 11 is 7.65. The number of anilines is 1. The van der Waals surface area contributed by atoms with E-state index in [1.807, 2.05) is 47.8 Å². The van der Waals surface area contributed by atoms with Crippen molar-refractivity contribution in [2.24, 2.45) is 0 Å². The van der Waals surface area contributed by atoms with Crippen LogP contribution in [0.1, 0.15) is 34.9 Å². The summed E-state index contributed by atoms with van der Waals surface area (Å²) in [6, 6.07) is 13.2. The Morgan fingerprint density at radius 2 is 1.73 bits per heavy atom. The molecule has 0 radical (unpaired) electrons. The van der Waals surface area contributed by atoms with Crippen LogP contribution in [-0.4, -0.2) is 52.3 Å². The van der Waals surface area contributed by atoms with Gasteiger partial charge in [0.25, 0.3) is 0 Å². The first-order valence-electron chi connectivity index (χ1n) is 11.4. The third-order valence-electron chi connectivity index (χ3n) is 6.32. The molecule has 0 saturated carbocycles. The highest BCUT2D eigenvalue weighted by atomic mass is 35.5. The van der Waals surface area contributed by atoms with Crippen molar-refractivity contribution < 1.29 is 21.6 Å². The molecule has 194 valence electrons. The summed E-state index contributed by atoms with van der Waals surface area (Å²) in [5.74, 6) is 0.392. The molecule has 0 bridgehead atoms. The summed E-state index contributed by atoms with van der Waals surface area (Å²) < 4.78 is 62.7. The molecule has 37 heavy (non-hydrogen) atoms. The summed E-state index contributed by atoms with van der Waals surface area (Å²) in [6.07, 6.45) is 3.61. The quantitative estimate of drug-likeness (QED) is 0.324. The van der Waals surface area contributed by atoms with Crippen LogP contribution in [0.3, 0.4) is 0 Å². The van der Waals surface area contributed by atoms with Gasteiger partial charge in [0.1, 0.15) is 17.2 Å². The van der Waals surface area contributed by atoms with Gasteiger partial charge in [-0.05, 0) is 48.2 Å². The van der Waals surface area contributed by atoms with Crippen molar-refractivity contribution in [2.45, 2.75) is 30.3 Å². The molecule has 1 N–H and O–H groups in total. The monoisotopic (exact) mass is 567 g/mol. The summed E-state index contributed by atoms with van der Waals surface area (Å²) in [5.41, 5.74) is -2.62. The van der Waals surface area contributed by atoms with Crippen molar-refractivity contribution in [1.29, 1.82) is 0 Å². The van der Waals surface area contributed by atoms with Crippen LogP contribution in [0.5, 0.6) is 0 Å². The largest absolute Gasteiger partial charge is 0.511 e. The summed E-state index contributed by atoms with van der Waals surface area (Å²) in [4.78, 5) is 13.3. The minimum Gasteiger partial charge on any atom is -0.367 e. The lowest BCUT2D eigenvalue weighted by molar-refractivity contribution is -0.0494. The summed E-state index contributed by atoms with van der Waals surface area (Å²) in [7, 11) is -5.33. The van der Waals surface area contributed by atoms with E-state index in [9.17, 15) is 21.6 Å². The molecule has 4 aromatic rings. The third kappa shape index (κ3) is 5.28. The van der Waals surface area contributed by atoms with Crippen molar-refractivity contribution in [3.8, 4) is 0 Å². The zero-order valence-corrected chi connectivity index (χ0v) is 21.6. The number of sulfonamides is 1. The molecule has 0 amide bonds. The molecule has 5 rings (SSSR count). The Hall–Kier alpha value is -2.80. The van der Waals surface area contributed by atoms with Gasteiger partial charge in [-0.3, -0.25) is 0 Å². The minimum absolute atomic E-state index is 0.148. The lowest BCUT2D eigenvalue weighted by atomic mass is 9.91. The van der Waals surface area contributed by atoms with Gasteiger partial charge in [-0.2, -0.15) is 17.5 Å². The van der Waals surface area contributed by atoms with Crippen LogP contribution in [0, 0.1) is 0 Å². The number of nitrogens with zero attached hydrogens (tertiary/aromatic N) is 4. The first-order chi connectivity index (χ1) is 17.6. The smallest absolute Gasteiger partial charge is 0.367 e. The molecule has 2 aromatic heterocycles. The van der Waals surface area contributed by atoms with Gasteiger partial charge in [0.05, 0.1) is 11.4 Å². The van der Waals surface area contributed by atoms with E-state index >= 15 is 0 Å². The second-order valence-corrected chi connectivity index (χ2v) is 11.9. The molecule has 1 atom stereocenters. The number of hydrogen-bond acceptors (Lipinski definition) is 7. The molecule has 3 heterocycles. The van der Waals surface area contributed by atoms with Gasteiger partial charge >= 0.3 is 15.5 Å². The predicted molar refractivity (Wildman–Crippen MR) is 137 cm³/mol. The molecule has 2 aromatic carbocycles. The summed E-state index contributed by atoms with van der Waals surface area (Å²) in [5, 5.41) is 7.51. The van der Waals surface area contributed by atoms with Gasteiger partial charge in [0.2, 0.25) is 0 Å². The van der Waals surface area contributed by atoms with E-state index in [-0.39, 0.29) is 37.9 Å². The third-order valence-corrected chi connectivity index (χ3v) is 9.04. The number of piperidine rings is 1. The number of aromatic nitrogens is 3. The lowest BCUT2D eigenvalue weighted by Crippen LogP contribution is -2.47. The van der Waals surface area contributed by atoms with Gasteiger partial charge in [-0.1, -0.05) is 29.8 Å². The molecule has 7 nitrogen and oxygen atoms in total. The fraction of sp³-hybridized carbons (Fsp3) is 0.292. The van der Waals surface area contributed by atoms with Crippen molar-refractivity contribution in [1.82, 2.24) is 19.3 Å². The standard InChI is InChI=1S/C24H21ClF3N5O2S2/c25-17-4-1-15(2-5-17)21(23-29-9-12-36-23)16-3-6-20-19(13-16)22(31-14-30-20)32-18-7-10-33(11-8-18)37(34,35)24(26,27)28/h1-6,9,12-14,18,21H,7-8,10-11H2,(H,30,31,32). The van der Waals surface area contributed by atoms with Gasteiger partial charge < -0.3 is 5.32 Å². The van der Waals surface area contributed by atoms with Gasteiger partial charge in [0, 0.05) is 41.1 Å². The molecule has 0 spiro atoms. The Labute approximate surface area is 220 Å². The van der Waals surface area contributed by atoms with Crippen LogP contribution in [0.2, 0.25) is 5.02 Å². The number of thiazole rings is 1. The SMILES string of the molecule is O=S(=O)(N1CCC(Nc2ncnc3ccc(C(c4ccc(Cl)cc4)c4nccs4)cc23)CC1)C(F)(F)F. The first kappa shape index (κ1) is 25.8. The molecule has 0 aliphatic carbocycles. The van der Waals surface area contributed by atoms with E-state index in [1.165, 1.54) is 6.33 Å². The van der Waals surface area contributed by atoms with Crippen LogP contribution >= 0.6 is 22.9 Å². The second kappa shape index (κ2) is 10.2. The average Bonchev–Trinajstić information content (AvgIpc) is 3.40. The normalized spacial score (nSPS) is 16.6. The number of halogens is 4. The van der Waals surface area contributed by atoms with E-state index < -0.39 is 15.5 Å². The molecular weight excluding hydrogens is 547 g/mol. The van der Waals surface area contributed by atoms with E-state index in [4.69, 9.17) is 11.6 Å². The van der Waals surface area contributed by atoms with Crippen molar-refractivity contribution in [3.05, 3.63) is 81.5 Å². The average molecular weight is 568 g/mol. The van der Waals surface area contributed by atoms with Crippen molar-refractivity contribution in [3.63, 3.8) is 0 Å². The number of alkyl halides is 3. The molecule has 1 aliphatic heterocycles. The maximum absolute atomic E-state index is 12.9. The van der Waals surface area contributed by atoms with Crippen LogP contribution in [0.25, 0.3) is 10.9 Å². The number of nitrogens with one attached hydrogen (secondary N) is 1. The Morgan fingerprint density at radius 1 is 1.03 bits per heavy atom. The maximum atomic E-state index is 12.9. The Kier molecular flexibility index (Phi) is 7.10. The Bertz CT molecular complexity index is 1490. The number of fused-ring (bicyclic) bond motifs is 1. The first-order valence-corrected chi connectivity index (χ1v) is 14.1. The highest BCUT2D eigenvalue weighted by Gasteiger charge is 2.50.